The second-order valence-electron chi connectivity index (χ2n) is 5.72. The van der Waals surface area contributed by atoms with Crippen molar-refractivity contribution in [1.29, 1.82) is 0 Å². The van der Waals surface area contributed by atoms with Crippen LogP contribution in [0.2, 0.25) is 0 Å². The summed E-state index contributed by atoms with van der Waals surface area (Å²) in [5.74, 6) is -2.11. The average molecular weight is 357 g/mol. The van der Waals surface area contributed by atoms with Gasteiger partial charge in [0.15, 0.2) is 12.4 Å². The Labute approximate surface area is 150 Å². The summed E-state index contributed by atoms with van der Waals surface area (Å²) >= 11 is 0. The smallest absolute Gasteiger partial charge is 0.339 e. The van der Waals surface area contributed by atoms with Gasteiger partial charge < -0.3 is 14.5 Å². The summed E-state index contributed by atoms with van der Waals surface area (Å²) in [5.41, 5.74) is 1.85. The Balaban J connectivity index is 2.16. The van der Waals surface area contributed by atoms with E-state index in [1.54, 1.807) is 26.0 Å². The van der Waals surface area contributed by atoms with Crippen LogP contribution in [0.15, 0.2) is 24.3 Å². The molecule has 2 rings (SSSR count). The molecule has 0 spiro atoms. The first-order chi connectivity index (χ1) is 12.3. The van der Waals surface area contributed by atoms with Crippen molar-refractivity contribution in [3.63, 3.8) is 0 Å². The number of Topliss-reactive ketones (excluding diaryl/α,β-unsaturated/α-hetero) is 2. The van der Waals surface area contributed by atoms with E-state index in [9.17, 15) is 19.2 Å². The van der Waals surface area contributed by atoms with Gasteiger partial charge in [-0.3, -0.25) is 9.59 Å². The summed E-state index contributed by atoms with van der Waals surface area (Å²) in [6, 6.07) is 6.00. The molecule has 0 aliphatic carbocycles. The maximum Gasteiger partial charge on any atom is 0.339 e. The first kappa shape index (κ1) is 19.1. The molecule has 1 aromatic carbocycles. The molecule has 136 valence electrons. The number of aryl methyl sites for hydroxylation is 1. The predicted molar refractivity (Wildman–Crippen MR) is 92.7 cm³/mol. The van der Waals surface area contributed by atoms with Crippen LogP contribution in [-0.2, 0) is 9.47 Å². The molecule has 1 heterocycles. The number of ether oxygens (including phenoxy) is 2. The minimum atomic E-state index is -0.813. The second kappa shape index (κ2) is 7.77. The highest BCUT2D eigenvalue weighted by Crippen LogP contribution is 2.19. The van der Waals surface area contributed by atoms with E-state index in [0.717, 1.165) is 0 Å². The number of benzene rings is 1. The number of methoxy groups -OCH3 is 1. The minimum absolute atomic E-state index is 0.0102. The van der Waals surface area contributed by atoms with Gasteiger partial charge in [0, 0.05) is 11.3 Å². The van der Waals surface area contributed by atoms with Crippen LogP contribution in [-0.4, -0.2) is 42.2 Å². The van der Waals surface area contributed by atoms with E-state index in [4.69, 9.17) is 4.74 Å². The van der Waals surface area contributed by atoms with Gasteiger partial charge in [-0.25, -0.2) is 9.59 Å². The van der Waals surface area contributed by atoms with Gasteiger partial charge in [0.1, 0.15) is 0 Å². The quantitative estimate of drug-likeness (QED) is 0.630. The fourth-order valence-corrected chi connectivity index (χ4v) is 2.79. The van der Waals surface area contributed by atoms with Crippen LogP contribution in [0.3, 0.4) is 0 Å². The van der Waals surface area contributed by atoms with E-state index >= 15 is 0 Å². The van der Waals surface area contributed by atoms with Crippen molar-refractivity contribution in [2.75, 3.05) is 13.7 Å². The molecule has 0 fully saturated rings. The lowest BCUT2D eigenvalue weighted by atomic mass is 10.1. The van der Waals surface area contributed by atoms with Gasteiger partial charge in [0.2, 0.25) is 5.78 Å². The van der Waals surface area contributed by atoms with E-state index < -0.39 is 24.3 Å². The molecule has 0 aliphatic heterocycles. The molecule has 1 N–H and O–H groups in total. The van der Waals surface area contributed by atoms with Crippen molar-refractivity contribution in [1.82, 2.24) is 4.98 Å². The number of nitrogens with one attached hydrogen (secondary N) is 1. The Morgan fingerprint density at radius 2 is 1.58 bits per heavy atom. The number of aromatic amines is 1. The average Bonchev–Trinajstić information content (AvgIpc) is 2.93. The molecule has 7 nitrogen and oxygen atoms in total. The third-order valence-electron chi connectivity index (χ3n) is 3.96. The molecule has 7 heteroatoms. The Morgan fingerprint density at radius 1 is 1.00 bits per heavy atom. The molecule has 0 bridgehead atoms. The number of rotatable bonds is 6. The first-order valence-corrected chi connectivity index (χ1v) is 7.85. The molecular weight excluding hydrogens is 338 g/mol. The lowest BCUT2D eigenvalue weighted by Gasteiger charge is -2.08. The summed E-state index contributed by atoms with van der Waals surface area (Å²) < 4.78 is 9.67. The van der Waals surface area contributed by atoms with Gasteiger partial charge in [-0.15, -0.1) is 0 Å². The lowest BCUT2D eigenvalue weighted by Crippen LogP contribution is -2.18. The van der Waals surface area contributed by atoms with E-state index in [1.165, 1.54) is 26.2 Å². The molecule has 0 aliphatic rings. The van der Waals surface area contributed by atoms with Crippen LogP contribution in [0.5, 0.6) is 0 Å². The van der Waals surface area contributed by atoms with E-state index in [1.807, 2.05) is 0 Å². The molecule has 0 saturated carbocycles. The highest BCUT2D eigenvalue weighted by Gasteiger charge is 2.22. The summed E-state index contributed by atoms with van der Waals surface area (Å²) in [7, 11) is 1.21. The minimum Gasteiger partial charge on any atom is -0.465 e. The van der Waals surface area contributed by atoms with Crippen LogP contribution in [0.4, 0.5) is 0 Å². The van der Waals surface area contributed by atoms with Crippen molar-refractivity contribution in [3.05, 3.63) is 57.9 Å². The molecule has 0 atom stereocenters. The molecule has 0 amide bonds. The van der Waals surface area contributed by atoms with E-state index in [2.05, 4.69) is 9.72 Å². The maximum atomic E-state index is 12.4. The standard InChI is InChI=1S/C19H19NO6/c1-10-16(12(3)21)11(2)20-17(10)15(22)9-26-19(24)14-8-6-5-7-13(14)18(23)25-4/h5-8,20H,9H2,1-4H3. The fraction of sp³-hybridized carbons (Fsp3) is 0.263. The zero-order valence-electron chi connectivity index (χ0n) is 15.0. The third kappa shape index (κ3) is 3.72. The molecule has 2 aromatic rings. The van der Waals surface area contributed by atoms with Crippen molar-refractivity contribution in [2.45, 2.75) is 20.8 Å². The summed E-state index contributed by atoms with van der Waals surface area (Å²) in [6.45, 7) is 4.24. The third-order valence-corrected chi connectivity index (χ3v) is 3.96. The van der Waals surface area contributed by atoms with Crippen molar-refractivity contribution in [3.8, 4) is 0 Å². The number of hydrogen-bond acceptors (Lipinski definition) is 6. The highest BCUT2D eigenvalue weighted by molar-refractivity contribution is 6.06. The molecular formula is C19H19NO6. The Morgan fingerprint density at radius 3 is 2.08 bits per heavy atom. The number of carbonyl (C=O) groups is 4. The number of carbonyl (C=O) groups excluding carboxylic acids is 4. The second-order valence-corrected chi connectivity index (χ2v) is 5.72. The van der Waals surface area contributed by atoms with Crippen molar-refractivity contribution >= 4 is 23.5 Å². The van der Waals surface area contributed by atoms with Gasteiger partial charge in [-0.2, -0.15) is 0 Å². The topological polar surface area (TPSA) is 103 Å². The maximum absolute atomic E-state index is 12.4. The van der Waals surface area contributed by atoms with Crippen LogP contribution >= 0.6 is 0 Å². The summed E-state index contributed by atoms with van der Waals surface area (Å²) in [6.07, 6.45) is 0. The molecule has 0 saturated heterocycles. The van der Waals surface area contributed by atoms with E-state index in [0.29, 0.717) is 16.8 Å². The van der Waals surface area contributed by atoms with Crippen LogP contribution in [0.1, 0.15) is 59.7 Å². The van der Waals surface area contributed by atoms with Crippen LogP contribution < -0.4 is 0 Å². The van der Waals surface area contributed by atoms with Gasteiger partial charge in [-0.05, 0) is 38.5 Å². The number of hydrogen-bond donors (Lipinski definition) is 1. The predicted octanol–water partition coefficient (Wildman–Crippen LogP) is 2.66. The van der Waals surface area contributed by atoms with Crippen LogP contribution in [0.25, 0.3) is 0 Å². The monoisotopic (exact) mass is 357 g/mol. The Bertz CT molecular complexity index is 893. The number of esters is 2. The van der Waals surface area contributed by atoms with E-state index in [-0.39, 0.29) is 22.6 Å². The highest BCUT2D eigenvalue weighted by atomic mass is 16.5. The SMILES string of the molecule is COC(=O)c1ccccc1C(=O)OCC(=O)c1[nH]c(C)c(C(C)=O)c1C. The van der Waals surface area contributed by atoms with Gasteiger partial charge >= 0.3 is 11.9 Å². The largest absolute Gasteiger partial charge is 0.465 e. The zero-order valence-corrected chi connectivity index (χ0v) is 15.0. The lowest BCUT2D eigenvalue weighted by molar-refractivity contribution is 0.0462. The van der Waals surface area contributed by atoms with Crippen LogP contribution in [0, 0.1) is 13.8 Å². The van der Waals surface area contributed by atoms with Crippen molar-refractivity contribution in [2.24, 2.45) is 0 Å². The van der Waals surface area contributed by atoms with Gasteiger partial charge in [0.05, 0.1) is 23.9 Å². The fourth-order valence-electron chi connectivity index (χ4n) is 2.79. The molecule has 26 heavy (non-hydrogen) atoms. The molecule has 0 radical (unpaired) electrons. The summed E-state index contributed by atoms with van der Waals surface area (Å²) in [4.78, 5) is 50.8. The number of H-pyrrole nitrogens is 1. The number of aromatic nitrogens is 1. The summed E-state index contributed by atoms with van der Waals surface area (Å²) in [5, 5.41) is 0. The van der Waals surface area contributed by atoms with Gasteiger partial charge in [-0.1, -0.05) is 12.1 Å². The normalized spacial score (nSPS) is 10.3. The molecule has 1 aromatic heterocycles. The Kier molecular flexibility index (Phi) is 5.71. The molecule has 0 unspecified atom stereocenters. The Hall–Kier alpha value is -3.22. The first-order valence-electron chi connectivity index (χ1n) is 7.85. The number of ketones is 2. The van der Waals surface area contributed by atoms with Crippen molar-refractivity contribution < 1.29 is 28.7 Å². The zero-order chi connectivity index (χ0) is 19.4. The van der Waals surface area contributed by atoms with Gasteiger partial charge in [0.25, 0.3) is 0 Å².